The Morgan fingerprint density at radius 3 is 2.80 bits per heavy atom. The Labute approximate surface area is 71.4 Å². The molecule has 0 spiro atoms. The first kappa shape index (κ1) is 7.95. The van der Waals surface area contributed by atoms with Gasteiger partial charge in [0, 0.05) is 16.2 Å². The van der Waals surface area contributed by atoms with E-state index >= 15 is 0 Å². The molecule has 0 N–H and O–H groups in total. The molecule has 0 saturated carbocycles. The van der Waals surface area contributed by atoms with Crippen molar-refractivity contribution in [3.8, 4) is 0 Å². The van der Waals surface area contributed by atoms with Gasteiger partial charge in [-0.15, -0.1) is 11.6 Å². The van der Waals surface area contributed by atoms with Crippen LogP contribution in [-0.4, -0.2) is 4.98 Å². The number of nitrogens with zero attached hydrogens (tertiary/aromatic N) is 1. The van der Waals surface area contributed by atoms with Crippen molar-refractivity contribution in [3.63, 3.8) is 0 Å². The molecule has 1 aromatic rings. The third-order valence-corrected chi connectivity index (χ3v) is 2.09. The van der Waals surface area contributed by atoms with E-state index in [9.17, 15) is 4.39 Å². The Morgan fingerprint density at radius 1 is 1.70 bits per heavy atom. The topological polar surface area (TPSA) is 12.9 Å². The average molecular weight is 224 g/mol. The van der Waals surface area contributed by atoms with Gasteiger partial charge in [-0.1, -0.05) is 15.9 Å². The lowest BCUT2D eigenvalue weighted by Crippen LogP contribution is -1.90. The summed E-state index contributed by atoms with van der Waals surface area (Å²) in [4.78, 5) is 3.43. The number of hydrogen-bond acceptors (Lipinski definition) is 1. The molecule has 1 nitrogen and oxygen atoms in total. The first-order chi connectivity index (χ1) is 4.75. The van der Waals surface area contributed by atoms with Crippen molar-refractivity contribution in [2.75, 3.05) is 0 Å². The van der Waals surface area contributed by atoms with Gasteiger partial charge in [-0.3, -0.25) is 0 Å². The van der Waals surface area contributed by atoms with Gasteiger partial charge in [-0.2, -0.15) is 4.39 Å². The number of pyridine rings is 1. The molecule has 1 heterocycles. The predicted molar refractivity (Wildman–Crippen MR) is 41.5 cm³/mol. The summed E-state index contributed by atoms with van der Waals surface area (Å²) in [5.41, 5.74) is 0.407. The van der Waals surface area contributed by atoms with Crippen LogP contribution in [0.4, 0.5) is 4.39 Å². The van der Waals surface area contributed by atoms with Gasteiger partial charge in [0.15, 0.2) is 0 Å². The number of halogens is 3. The molecule has 0 aliphatic carbocycles. The molecule has 10 heavy (non-hydrogen) atoms. The molecule has 0 aliphatic heterocycles. The van der Waals surface area contributed by atoms with E-state index in [0.29, 0.717) is 10.0 Å². The van der Waals surface area contributed by atoms with Crippen LogP contribution in [0.25, 0.3) is 0 Å². The molecule has 1 aromatic heterocycles. The van der Waals surface area contributed by atoms with Crippen LogP contribution in [0.1, 0.15) is 5.56 Å². The van der Waals surface area contributed by atoms with E-state index in [4.69, 9.17) is 11.6 Å². The van der Waals surface area contributed by atoms with Crippen LogP contribution in [0, 0.1) is 5.95 Å². The van der Waals surface area contributed by atoms with Crippen LogP contribution in [0.15, 0.2) is 16.7 Å². The minimum absolute atomic E-state index is 0.139. The van der Waals surface area contributed by atoms with E-state index in [1.54, 1.807) is 6.07 Å². The van der Waals surface area contributed by atoms with Crippen LogP contribution >= 0.6 is 27.5 Å². The maximum absolute atomic E-state index is 12.6. The minimum Gasteiger partial charge on any atom is -0.228 e. The van der Waals surface area contributed by atoms with Gasteiger partial charge in [0.05, 0.1) is 5.88 Å². The molecule has 0 bridgehead atoms. The number of rotatable bonds is 1. The second kappa shape index (κ2) is 3.30. The van der Waals surface area contributed by atoms with Crippen molar-refractivity contribution in [1.29, 1.82) is 0 Å². The lowest BCUT2D eigenvalue weighted by Gasteiger charge is -1.98. The fourth-order valence-corrected chi connectivity index (χ4v) is 1.40. The highest BCUT2D eigenvalue weighted by molar-refractivity contribution is 9.10. The zero-order valence-corrected chi connectivity index (χ0v) is 7.28. The lowest BCUT2D eigenvalue weighted by atomic mass is 10.3. The molecule has 0 atom stereocenters. The van der Waals surface area contributed by atoms with E-state index in [0.717, 1.165) is 0 Å². The third kappa shape index (κ3) is 1.47. The highest BCUT2D eigenvalue weighted by Crippen LogP contribution is 2.19. The van der Waals surface area contributed by atoms with Gasteiger partial charge < -0.3 is 0 Å². The molecule has 0 amide bonds. The summed E-state index contributed by atoms with van der Waals surface area (Å²) in [6.45, 7) is 0. The fourth-order valence-electron chi connectivity index (χ4n) is 0.564. The highest BCUT2D eigenvalue weighted by atomic mass is 79.9. The van der Waals surface area contributed by atoms with E-state index in [1.165, 1.54) is 6.20 Å². The van der Waals surface area contributed by atoms with Gasteiger partial charge in [-0.05, 0) is 6.07 Å². The van der Waals surface area contributed by atoms with E-state index < -0.39 is 5.95 Å². The predicted octanol–water partition coefficient (Wildman–Crippen LogP) is 2.72. The molecular weight excluding hydrogens is 220 g/mol. The van der Waals surface area contributed by atoms with Crippen molar-refractivity contribution in [3.05, 3.63) is 28.2 Å². The molecule has 54 valence electrons. The maximum atomic E-state index is 12.6. The zero-order chi connectivity index (χ0) is 7.56. The van der Waals surface area contributed by atoms with Crippen molar-refractivity contribution >= 4 is 27.5 Å². The molecule has 0 aliphatic rings. The Bertz CT molecular complexity index is 221. The van der Waals surface area contributed by atoms with E-state index in [1.807, 2.05) is 0 Å². The van der Waals surface area contributed by atoms with Gasteiger partial charge in [0.2, 0.25) is 5.95 Å². The fraction of sp³-hybridized carbons (Fsp3) is 0.167. The molecule has 0 fully saturated rings. The molecule has 0 unspecified atom stereocenters. The van der Waals surface area contributed by atoms with Crippen LogP contribution in [0.5, 0.6) is 0 Å². The minimum atomic E-state index is -0.510. The van der Waals surface area contributed by atoms with E-state index in [2.05, 4.69) is 20.9 Å². The second-order valence-electron chi connectivity index (χ2n) is 1.70. The van der Waals surface area contributed by atoms with Gasteiger partial charge in [0.1, 0.15) is 0 Å². The molecular formula is C6H4BrClFN. The molecule has 4 heteroatoms. The van der Waals surface area contributed by atoms with Crippen LogP contribution in [0.3, 0.4) is 0 Å². The molecule has 0 aromatic carbocycles. The van der Waals surface area contributed by atoms with Gasteiger partial charge >= 0.3 is 0 Å². The summed E-state index contributed by atoms with van der Waals surface area (Å²) in [5.74, 6) is -0.371. The summed E-state index contributed by atoms with van der Waals surface area (Å²) in [5, 5.41) is 0. The standard InChI is InChI=1S/C6H4BrClFN/c7-5-1-2-10-6(9)4(5)3-8/h1-2H,3H2. The lowest BCUT2D eigenvalue weighted by molar-refractivity contribution is 0.571. The van der Waals surface area contributed by atoms with E-state index in [-0.39, 0.29) is 5.88 Å². The molecule has 1 rings (SSSR count). The Morgan fingerprint density at radius 2 is 2.40 bits per heavy atom. The number of aromatic nitrogens is 1. The van der Waals surface area contributed by atoms with Crippen molar-refractivity contribution in [2.45, 2.75) is 5.88 Å². The Balaban J connectivity index is 3.17. The first-order valence-corrected chi connectivity index (χ1v) is 3.93. The SMILES string of the molecule is Fc1nccc(Br)c1CCl. The van der Waals surface area contributed by atoms with Crippen molar-refractivity contribution in [1.82, 2.24) is 4.98 Å². The number of hydrogen-bond donors (Lipinski definition) is 0. The summed E-state index contributed by atoms with van der Waals surface area (Å²) in [6.07, 6.45) is 1.38. The largest absolute Gasteiger partial charge is 0.228 e. The third-order valence-electron chi connectivity index (χ3n) is 1.08. The van der Waals surface area contributed by atoms with Crippen molar-refractivity contribution < 1.29 is 4.39 Å². The second-order valence-corrected chi connectivity index (χ2v) is 2.82. The summed E-state index contributed by atoms with van der Waals surface area (Å²) >= 11 is 8.57. The normalized spacial score (nSPS) is 9.90. The van der Waals surface area contributed by atoms with Crippen LogP contribution < -0.4 is 0 Å². The highest BCUT2D eigenvalue weighted by Gasteiger charge is 2.04. The first-order valence-electron chi connectivity index (χ1n) is 2.60. The van der Waals surface area contributed by atoms with Crippen molar-refractivity contribution in [2.24, 2.45) is 0 Å². The molecule has 0 saturated heterocycles. The molecule has 0 radical (unpaired) electrons. The summed E-state index contributed by atoms with van der Waals surface area (Å²) in [6, 6.07) is 1.65. The van der Waals surface area contributed by atoms with Gasteiger partial charge in [-0.25, -0.2) is 4.98 Å². The summed E-state index contributed by atoms with van der Waals surface area (Å²) in [7, 11) is 0. The Hall–Kier alpha value is -0.150. The smallest absolute Gasteiger partial charge is 0.218 e. The van der Waals surface area contributed by atoms with Crippen LogP contribution in [-0.2, 0) is 5.88 Å². The number of alkyl halides is 1. The average Bonchev–Trinajstić information content (AvgIpc) is 1.88. The monoisotopic (exact) mass is 223 g/mol. The zero-order valence-electron chi connectivity index (χ0n) is 4.94. The summed E-state index contributed by atoms with van der Waals surface area (Å²) < 4.78 is 13.3. The van der Waals surface area contributed by atoms with Crippen LogP contribution in [0.2, 0.25) is 0 Å². The quantitative estimate of drug-likeness (QED) is 0.528. The maximum Gasteiger partial charge on any atom is 0.218 e. The van der Waals surface area contributed by atoms with Gasteiger partial charge in [0.25, 0.3) is 0 Å². The Kier molecular flexibility index (Phi) is 2.63.